The summed E-state index contributed by atoms with van der Waals surface area (Å²) in [6.45, 7) is 3.70. The van der Waals surface area contributed by atoms with Crippen molar-refractivity contribution in [1.29, 1.82) is 0 Å². The number of ether oxygens (including phenoxy) is 1. The number of halogens is 1. The summed E-state index contributed by atoms with van der Waals surface area (Å²) >= 11 is 1.13. The van der Waals surface area contributed by atoms with Gasteiger partial charge < -0.3 is 9.72 Å². The van der Waals surface area contributed by atoms with E-state index in [1.807, 2.05) is 24.3 Å². The minimum absolute atomic E-state index is 0.267. The zero-order valence-electron chi connectivity index (χ0n) is 15.8. The van der Waals surface area contributed by atoms with Crippen LogP contribution in [0, 0.1) is 5.82 Å². The van der Waals surface area contributed by atoms with E-state index < -0.39 is 17.0 Å². The Morgan fingerprint density at radius 2 is 1.97 bits per heavy atom. The molecule has 0 unspecified atom stereocenters. The van der Waals surface area contributed by atoms with Crippen molar-refractivity contribution in [3.8, 4) is 5.69 Å². The molecule has 0 aliphatic heterocycles. The molecular formula is C21H18FN3O3S. The van der Waals surface area contributed by atoms with E-state index in [-0.39, 0.29) is 12.2 Å². The zero-order chi connectivity index (χ0) is 20.5. The highest BCUT2D eigenvalue weighted by molar-refractivity contribution is 8.00. The summed E-state index contributed by atoms with van der Waals surface area (Å²) in [7, 11) is 0. The zero-order valence-corrected chi connectivity index (χ0v) is 16.6. The number of nitrogens with zero attached hydrogens (tertiary/aromatic N) is 2. The van der Waals surface area contributed by atoms with Gasteiger partial charge in [0, 0.05) is 10.9 Å². The van der Waals surface area contributed by atoms with E-state index >= 15 is 0 Å². The molecule has 0 spiro atoms. The smallest absolute Gasteiger partial charge is 0.319 e. The molecule has 0 saturated carbocycles. The molecule has 0 aliphatic rings. The third kappa shape index (κ3) is 3.51. The summed E-state index contributed by atoms with van der Waals surface area (Å²) in [6, 6.07) is 13.1. The van der Waals surface area contributed by atoms with Gasteiger partial charge in [-0.25, -0.2) is 9.37 Å². The van der Waals surface area contributed by atoms with Crippen LogP contribution >= 0.6 is 11.8 Å². The van der Waals surface area contributed by atoms with Gasteiger partial charge >= 0.3 is 5.97 Å². The van der Waals surface area contributed by atoms with Crippen LogP contribution in [-0.4, -0.2) is 32.4 Å². The Kier molecular flexibility index (Phi) is 5.10. The molecule has 148 valence electrons. The minimum atomic E-state index is -0.573. The molecule has 0 amide bonds. The van der Waals surface area contributed by atoms with Crippen LogP contribution in [0.2, 0.25) is 0 Å². The number of carbonyl (C=O) groups excluding carboxylic acids is 1. The van der Waals surface area contributed by atoms with Crippen molar-refractivity contribution >= 4 is 39.7 Å². The van der Waals surface area contributed by atoms with Crippen molar-refractivity contribution in [2.24, 2.45) is 0 Å². The van der Waals surface area contributed by atoms with Gasteiger partial charge in [-0.05, 0) is 44.2 Å². The maximum atomic E-state index is 13.4. The number of aromatic nitrogens is 3. The first kappa shape index (κ1) is 19.2. The number of aromatic amines is 1. The molecule has 2 heterocycles. The summed E-state index contributed by atoms with van der Waals surface area (Å²) < 4.78 is 19.9. The molecule has 8 heteroatoms. The fourth-order valence-corrected chi connectivity index (χ4v) is 4.02. The van der Waals surface area contributed by atoms with Gasteiger partial charge in [0.05, 0.1) is 12.3 Å². The van der Waals surface area contributed by atoms with Gasteiger partial charge in [0.15, 0.2) is 5.16 Å². The maximum Gasteiger partial charge on any atom is 0.319 e. The number of H-pyrrole nitrogens is 1. The number of thioether (sulfide) groups is 1. The number of esters is 1. The molecule has 0 radical (unpaired) electrons. The van der Waals surface area contributed by atoms with Gasteiger partial charge in [-0.15, -0.1) is 0 Å². The highest BCUT2D eigenvalue weighted by atomic mass is 32.2. The molecule has 2 aromatic carbocycles. The first-order chi connectivity index (χ1) is 14.0. The van der Waals surface area contributed by atoms with E-state index in [1.54, 1.807) is 13.8 Å². The highest BCUT2D eigenvalue weighted by Crippen LogP contribution is 2.28. The summed E-state index contributed by atoms with van der Waals surface area (Å²) in [5.41, 5.74) is 1.81. The van der Waals surface area contributed by atoms with Gasteiger partial charge in [-0.1, -0.05) is 30.0 Å². The molecule has 2 aromatic heterocycles. The van der Waals surface area contributed by atoms with Crippen molar-refractivity contribution in [1.82, 2.24) is 14.5 Å². The van der Waals surface area contributed by atoms with Crippen LogP contribution in [0.1, 0.15) is 13.8 Å². The summed E-state index contributed by atoms with van der Waals surface area (Å²) in [6.07, 6.45) is 0. The van der Waals surface area contributed by atoms with Crippen LogP contribution in [0.4, 0.5) is 4.39 Å². The van der Waals surface area contributed by atoms with E-state index in [0.29, 0.717) is 21.9 Å². The maximum absolute atomic E-state index is 13.4. The Labute approximate surface area is 169 Å². The predicted octanol–water partition coefficient (Wildman–Crippen LogP) is 4.05. The van der Waals surface area contributed by atoms with Crippen LogP contribution in [0.15, 0.2) is 58.5 Å². The van der Waals surface area contributed by atoms with Gasteiger partial charge in [0.2, 0.25) is 0 Å². The van der Waals surface area contributed by atoms with Crippen molar-refractivity contribution in [3.05, 3.63) is 64.7 Å². The van der Waals surface area contributed by atoms with E-state index in [2.05, 4.69) is 4.98 Å². The third-order valence-electron chi connectivity index (χ3n) is 4.48. The standard InChI is InChI=1S/C21H18FN3O3S/c1-3-28-20(27)12(2)29-21-24-17-15-6-4-5-7-16(15)23-18(17)19(26)25(21)14-10-8-13(22)9-11-14/h4-12,23H,3H2,1-2H3/t12-/m0/s1. The highest BCUT2D eigenvalue weighted by Gasteiger charge is 2.22. The number of nitrogens with one attached hydrogen (secondary N) is 1. The summed E-state index contributed by atoms with van der Waals surface area (Å²) in [5.74, 6) is -0.799. The molecule has 1 atom stereocenters. The molecule has 0 bridgehead atoms. The molecule has 0 fully saturated rings. The number of fused-ring (bicyclic) bond motifs is 3. The van der Waals surface area contributed by atoms with Crippen molar-refractivity contribution in [2.75, 3.05) is 6.61 Å². The number of para-hydroxylation sites is 1. The average Bonchev–Trinajstić information content (AvgIpc) is 3.08. The van der Waals surface area contributed by atoms with Crippen LogP contribution in [0.5, 0.6) is 0 Å². The second-order valence-electron chi connectivity index (χ2n) is 6.42. The van der Waals surface area contributed by atoms with E-state index in [4.69, 9.17) is 9.72 Å². The van der Waals surface area contributed by atoms with Crippen LogP contribution < -0.4 is 5.56 Å². The van der Waals surface area contributed by atoms with Crippen molar-refractivity contribution in [3.63, 3.8) is 0 Å². The second kappa shape index (κ2) is 7.71. The van der Waals surface area contributed by atoms with Crippen LogP contribution in [0.3, 0.4) is 0 Å². The van der Waals surface area contributed by atoms with E-state index in [9.17, 15) is 14.0 Å². The Balaban J connectivity index is 1.95. The summed E-state index contributed by atoms with van der Waals surface area (Å²) in [5, 5.41) is 0.576. The number of hydrogen-bond donors (Lipinski definition) is 1. The molecule has 29 heavy (non-hydrogen) atoms. The minimum Gasteiger partial charge on any atom is -0.465 e. The normalized spacial score (nSPS) is 12.4. The molecular weight excluding hydrogens is 393 g/mol. The van der Waals surface area contributed by atoms with Gasteiger partial charge in [0.25, 0.3) is 5.56 Å². The lowest BCUT2D eigenvalue weighted by Crippen LogP contribution is -2.24. The quantitative estimate of drug-likeness (QED) is 0.305. The average molecular weight is 411 g/mol. The molecule has 0 saturated heterocycles. The lowest BCUT2D eigenvalue weighted by atomic mass is 10.2. The molecule has 6 nitrogen and oxygen atoms in total. The third-order valence-corrected chi connectivity index (χ3v) is 5.51. The van der Waals surface area contributed by atoms with Crippen LogP contribution in [0.25, 0.3) is 27.6 Å². The molecule has 4 rings (SSSR count). The number of rotatable bonds is 5. The number of benzene rings is 2. The van der Waals surface area contributed by atoms with E-state index in [1.165, 1.54) is 28.8 Å². The van der Waals surface area contributed by atoms with E-state index in [0.717, 1.165) is 22.7 Å². The molecule has 1 N–H and O–H groups in total. The fraction of sp³-hybridized carbons (Fsp3) is 0.190. The number of hydrogen-bond acceptors (Lipinski definition) is 5. The van der Waals surface area contributed by atoms with Gasteiger partial charge in [-0.2, -0.15) is 0 Å². The Morgan fingerprint density at radius 3 is 2.69 bits per heavy atom. The topological polar surface area (TPSA) is 77.0 Å². The lowest BCUT2D eigenvalue weighted by molar-refractivity contribution is -0.142. The monoisotopic (exact) mass is 411 g/mol. The predicted molar refractivity (Wildman–Crippen MR) is 111 cm³/mol. The first-order valence-electron chi connectivity index (χ1n) is 9.12. The summed E-state index contributed by atoms with van der Waals surface area (Å²) in [4.78, 5) is 33.3. The molecule has 0 aliphatic carbocycles. The Bertz CT molecular complexity index is 1260. The first-order valence-corrected chi connectivity index (χ1v) is 10.00. The SMILES string of the molecule is CCOC(=O)[C@H](C)Sc1nc2c([nH]c3ccccc32)c(=O)n1-c1ccc(F)cc1. The van der Waals surface area contributed by atoms with Crippen molar-refractivity contribution < 1.29 is 13.9 Å². The largest absolute Gasteiger partial charge is 0.465 e. The van der Waals surface area contributed by atoms with Gasteiger partial charge in [0.1, 0.15) is 22.1 Å². The lowest BCUT2D eigenvalue weighted by Gasteiger charge is -2.15. The van der Waals surface area contributed by atoms with Crippen molar-refractivity contribution in [2.45, 2.75) is 24.3 Å². The second-order valence-corrected chi connectivity index (χ2v) is 7.73. The van der Waals surface area contributed by atoms with Gasteiger partial charge in [-0.3, -0.25) is 14.2 Å². The fourth-order valence-electron chi connectivity index (χ4n) is 3.11. The Morgan fingerprint density at radius 1 is 1.24 bits per heavy atom. The molecule has 4 aromatic rings. The van der Waals surface area contributed by atoms with Crippen LogP contribution in [-0.2, 0) is 9.53 Å². The Hall–Kier alpha value is -3.13. The number of carbonyl (C=O) groups is 1.